The molecular weight excluding hydrogens is 336 g/mol. The van der Waals surface area contributed by atoms with Crippen LogP contribution in [0.2, 0.25) is 0 Å². The zero-order valence-electron chi connectivity index (χ0n) is 12.8. The number of nitrogens with one attached hydrogen (secondary N) is 1. The quantitative estimate of drug-likeness (QED) is 0.832. The fourth-order valence-corrected chi connectivity index (χ4v) is 2.75. The number of hydrogen-bond donors (Lipinski definition) is 1. The van der Waals surface area contributed by atoms with Crippen molar-refractivity contribution in [2.75, 3.05) is 39.2 Å². The SMILES string of the molecule is CC(Nc1cnn(CCN(C)C)c(=O)c1Br)C1CCOC1. The molecule has 7 heteroatoms. The standard InChI is InChI=1S/C14H23BrN4O2/c1-10(11-4-7-21-9-11)17-12-8-16-19(6-5-18(2)3)14(20)13(12)15/h8,10-11,17H,4-7,9H2,1-3H3. The molecular formula is C14H23BrN4O2. The average molecular weight is 359 g/mol. The number of hydrogen-bond acceptors (Lipinski definition) is 5. The van der Waals surface area contributed by atoms with E-state index < -0.39 is 0 Å². The van der Waals surface area contributed by atoms with Crippen LogP contribution in [-0.4, -0.2) is 54.6 Å². The first-order chi connectivity index (χ1) is 9.99. The first kappa shape index (κ1) is 16.5. The van der Waals surface area contributed by atoms with E-state index in [0.29, 0.717) is 16.9 Å². The summed E-state index contributed by atoms with van der Waals surface area (Å²) in [7, 11) is 3.95. The fraction of sp³-hybridized carbons (Fsp3) is 0.714. The van der Waals surface area contributed by atoms with Gasteiger partial charge in [0.05, 0.1) is 25.0 Å². The van der Waals surface area contributed by atoms with Crippen LogP contribution in [-0.2, 0) is 11.3 Å². The molecule has 1 saturated heterocycles. The molecule has 0 amide bonds. The average Bonchev–Trinajstić information content (AvgIpc) is 2.97. The second kappa shape index (κ2) is 7.38. The lowest BCUT2D eigenvalue weighted by Gasteiger charge is -2.21. The van der Waals surface area contributed by atoms with E-state index >= 15 is 0 Å². The molecule has 118 valence electrons. The summed E-state index contributed by atoms with van der Waals surface area (Å²) < 4.78 is 7.43. The highest BCUT2D eigenvalue weighted by Crippen LogP contribution is 2.23. The van der Waals surface area contributed by atoms with E-state index in [4.69, 9.17) is 4.74 Å². The van der Waals surface area contributed by atoms with Gasteiger partial charge in [-0.1, -0.05) is 0 Å². The minimum Gasteiger partial charge on any atom is -0.381 e. The topological polar surface area (TPSA) is 59.4 Å². The maximum Gasteiger partial charge on any atom is 0.283 e. The maximum absolute atomic E-state index is 12.3. The van der Waals surface area contributed by atoms with E-state index in [9.17, 15) is 4.79 Å². The van der Waals surface area contributed by atoms with Gasteiger partial charge in [-0.2, -0.15) is 5.10 Å². The molecule has 21 heavy (non-hydrogen) atoms. The number of rotatable bonds is 6. The summed E-state index contributed by atoms with van der Waals surface area (Å²) in [6.45, 7) is 5.07. The number of anilines is 1. The third kappa shape index (κ3) is 4.28. The van der Waals surface area contributed by atoms with Gasteiger partial charge < -0.3 is 15.0 Å². The minimum atomic E-state index is -0.100. The zero-order chi connectivity index (χ0) is 15.4. The van der Waals surface area contributed by atoms with Crippen molar-refractivity contribution < 1.29 is 4.74 Å². The van der Waals surface area contributed by atoms with Gasteiger partial charge in [-0.05, 0) is 43.4 Å². The summed E-state index contributed by atoms with van der Waals surface area (Å²) in [6.07, 6.45) is 2.77. The van der Waals surface area contributed by atoms with Crippen LogP contribution in [0.3, 0.4) is 0 Å². The fourth-order valence-electron chi connectivity index (χ4n) is 2.33. The van der Waals surface area contributed by atoms with Crippen molar-refractivity contribution in [1.82, 2.24) is 14.7 Å². The van der Waals surface area contributed by atoms with Crippen molar-refractivity contribution in [3.05, 3.63) is 21.0 Å². The third-order valence-electron chi connectivity index (χ3n) is 3.80. The summed E-state index contributed by atoms with van der Waals surface area (Å²) in [5.74, 6) is 0.480. The van der Waals surface area contributed by atoms with Crippen molar-refractivity contribution >= 4 is 21.6 Å². The lowest BCUT2D eigenvalue weighted by molar-refractivity contribution is 0.183. The van der Waals surface area contributed by atoms with E-state index in [1.807, 2.05) is 19.0 Å². The molecule has 1 aliphatic heterocycles. The van der Waals surface area contributed by atoms with Gasteiger partial charge in [0.2, 0.25) is 0 Å². The van der Waals surface area contributed by atoms with Crippen LogP contribution in [0.15, 0.2) is 15.5 Å². The highest BCUT2D eigenvalue weighted by atomic mass is 79.9. The second-order valence-electron chi connectivity index (χ2n) is 5.76. The van der Waals surface area contributed by atoms with Gasteiger partial charge in [0.25, 0.3) is 5.56 Å². The van der Waals surface area contributed by atoms with Crippen molar-refractivity contribution in [1.29, 1.82) is 0 Å². The van der Waals surface area contributed by atoms with Crippen LogP contribution in [0.4, 0.5) is 5.69 Å². The van der Waals surface area contributed by atoms with Crippen LogP contribution in [0.5, 0.6) is 0 Å². The molecule has 0 saturated carbocycles. The van der Waals surface area contributed by atoms with Crippen LogP contribution < -0.4 is 10.9 Å². The molecule has 1 N–H and O–H groups in total. The van der Waals surface area contributed by atoms with Crippen molar-refractivity contribution in [3.63, 3.8) is 0 Å². The molecule has 0 bridgehead atoms. The van der Waals surface area contributed by atoms with Gasteiger partial charge in [0, 0.05) is 25.1 Å². The van der Waals surface area contributed by atoms with E-state index in [-0.39, 0.29) is 11.6 Å². The molecule has 1 aromatic rings. The molecule has 2 unspecified atom stereocenters. The summed E-state index contributed by atoms with van der Waals surface area (Å²) in [5, 5.41) is 7.62. The van der Waals surface area contributed by atoms with E-state index in [1.165, 1.54) is 4.68 Å². The Labute approximate surface area is 133 Å². The number of likely N-dealkylation sites (N-methyl/N-ethyl adjacent to an activating group) is 1. The predicted molar refractivity (Wildman–Crippen MR) is 86.8 cm³/mol. The van der Waals surface area contributed by atoms with E-state index in [0.717, 1.165) is 31.9 Å². The molecule has 1 fully saturated rings. The van der Waals surface area contributed by atoms with E-state index in [1.54, 1.807) is 6.20 Å². The van der Waals surface area contributed by atoms with E-state index in [2.05, 4.69) is 33.3 Å². The van der Waals surface area contributed by atoms with Gasteiger partial charge in [0.1, 0.15) is 4.47 Å². The third-order valence-corrected chi connectivity index (χ3v) is 4.57. The molecule has 0 aliphatic carbocycles. The summed E-state index contributed by atoms with van der Waals surface area (Å²) in [6, 6.07) is 0.252. The summed E-state index contributed by atoms with van der Waals surface area (Å²) in [5.41, 5.74) is 0.650. The smallest absolute Gasteiger partial charge is 0.283 e. The van der Waals surface area contributed by atoms with Crippen molar-refractivity contribution in [3.8, 4) is 0 Å². The van der Waals surface area contributed by atoms with Crippen molar-refractivity contribution in [2.24, 2.45) is 5.92 Å². The van der Waals surface area contributed by atoms with Crippen LogP contribution >= 0.6 is 15.9 Å². The molecule has 1 aromatic heterocycles. The molecule has 2 rings (SSSR count). The summed E-state index contributed by atoms with van der Waals surface area (Å²) >= 11 is 3.39. The Morgan fingerprint density at radius 3 is 3.00 bits per heavy atom. The predicted octanol–water partition coefficient (Wildman–Crippen LogP) is 1.40. The van der Waals surface area contributed by atoms with Crippen LogP contribution in [0, 0.1) is 5.92 Å². The summed E-state index contributed by atoms with van der Waals surface area (Å²) in [4.78, 5) is 14.3. The molecule has 0 spiro atoms. The molecule has 6 nitrogen and oxygen atoms in total. The minimum absolute atomic E-state index is 0.100. The highest BCUT2D eigenvalue weighted by Gasteiger charge is 2.23. The van der Waals surface area contributed by atoms with Gasteiger partial charge in [0.15, 0.2) is 0 Å². The Balaban J connectivity index is 2.07. The number of aromatic nitrogens is 2. The second-order valence-corrected chi connectivity index (χ2v) is 6.55. The molecule has 0 aromatic carbocycles. The lowest BCUT2D eigenvalue weighted by atomic mass is 10.0. The number of halogens is 1. The van der Waals surface area contributed by atoms with Crippen LogP contribution in [0.1, 0.15) is 13.3 Å². The Bertz CT molecular complexity index is 526. The molecule has 0 radical (unpaired) electrons. The van der Waals surface area contributed by atoms with Gasteiger partial charge in [-0.15, -0.1) is 0 Å². The maximum atomic E-state index is 12.3. The first-order valence-electron chi connectivity index (χ1n) is 7.23. The normalized spacial score (nSPS) is 20.0. The molecule has 2 heterocycles. The largest absolute Gasteiger partial charge is 0.381 e. The highest BCUT2D eigenvalue weighted by molar-refractivity contribution is 9.10. The molecule has 2 atom stereocenters. The van der Waals surface area contributed by atoms with Gasteiger partial charge in [-0.25, -0.2) is 4.68 Å². The van der Waals surface area contributed by atoms with Gasteiger partial charge in [-0.3, -0.25) is 4.79 Å². The Kier molecular flexibility index (Phi) is 5.78. The van der Waals surface area contributed by atoms with Gasteiger partial charge >= 0.3 is 0 Å². The number of nitrogens with zero attached hydrogens (tertiary/aromatic N) is 3. The first-order valence-corrected chi connectivity index (χ1v) is 8.03. The lowest BCUT2D eigenvalue weighted by Crippen LogP contribution is -2.31. The van der Waals surface area contributed by atoms with Crippen LogP contribution in [0.25, 0.3) is 0 Å². The Hall–Kier alpha value is -0.920. The monoisotopic (exact) mass is 358 g/mol. The molecule has 1 aliphatic rings. The Morgan fingerprint density at radius 2 is 2.38 bits per heavy atom. The Morgan fingerprint density at radius 1 is 1.62 bits per heavy atom. The zero-order valence-corrected chi connectivity index (χ0v) is 14.4. The number of ether oxygens (including phenoxy) is 1. The van der Waals surface area contributed by atoms with Crippen molar-refractivity contribution in [2.45, 2.75) is 25.9 Å².